The number of carbonyl (C=O) groups is 4. The van der Waals surface area contributed by atoms with Crippen LogP contribution in [0.2, 0.25) is 0 Å². The molecule has 0 radical (unpaired) electrons. The summed E-state index contributed by atoms with van der Waals surface area (Å²) in [4.78, 5) is 50.2. The van der Waals surface area contributed by atoms with Crippen molar-refractivity contribution >= 4 is 35.3 Å². The first-order valence-electron chi connectivity index (χ1n) is 14.2. The average Bonchev–Trinajstić information content (AvgIpc) is 3.09. The number of unbranched alkanes of at least 4 members (excludes halogenated alkanes) is 1. The zero-order valence-corrected chi connectivity index (χ0v) is 24.3. The third kappa shape index (κ3) is 4.37. The normalized spacial score (nSPS) is 40.6. The lowest BCUT2D eigenvalue weighted by molar-refractivity contribution is -0.187. The maximum atomic E-state index is 14.0. The second-order valence-electron chi connectivity index (χ2n) is 12.1. The van der Waals surface area contributed by atoms with Crippen LogP contribution in [0.15, 0.2) is 23.8 Å². The lowest BCUT2D eigenvalue weighted by Crippen LogP contribution is -2.69. The number of halogens is 1. The third-order valence-corrected chi connectivity index (χ3v) is 11.1. The minimum absolute atomic E-state index is 0.0677. The van der Waals surface area contributed by atoms with Crippen LogP contribution < -0.4 is 0 Å². The molecule has 4 aliphatic rings. The van der Waals surface area contributed by atoms with Gasteiger partial charge in [-0.25, -0.2) is 4.79 Å². The lowest BCUT2D eigenvalue weighted by atomic mass is 9.45. The van der Waals surface area contributed by atoms with E-state index in [-0.39, 0.29) is 37.1 Å². The van der Waals surface area contributed by atoms with Crippen molar-refractivity contribution < 1.29 is 38.5 Å². The third-order valence-electron chi connectivity index (χ3n) is 10.2. The number of aliphatic hydroxyl groups is 1. The Bertz CT molecular complexity index is 1100. The Balaban J connectivity index is 1.74. The number of alkyl halides is 1. The molecule has 0 spiro atoms. The molecule has 39 heavy (non-hydrogen) atoms. The van der Waals surface area contributed by atoms with Gasteiger partial charge in [0.1, 0.15) is 0 Å². The largest absolute Gasteiger partial charge is 0.509 e. The first-order chi connectivity index (χ1) is 18.3. The number of aliphatic hydroxyl groups excluding tert-OH is 1. The minimum atomic E-state index is -1.68. The fourth-order valence-electron chi connectivity index (χ4n) is 8.32. The van der Waals surface area contributed by atoms with Crippen molar-refractivity contribution in [2.75, 3.05) is 13.2 Å². The predicted octanol–water partition coefficient (Wildman–Crippen LogP) is 5.09. The topological polar surface area (TPSA) is 116 Å². The number of hydrogen-bond acceptors (Lipinski definition) is 8. The van der Waals surface area contributed by atoms with E-state index in [1.54, 1.807) is 13.0 Å². The van der Waals surface area contributed by atoms with E-state index in [2.05, 4.69) is 0 Å². The average molecular weight is 565 g/mol. The van der Waals surface area contributed by atoms with Gasteiger partial charge in [0.2, 0.25) is 5.78 Å². The zero-order chi connectivity index (χ0) is 28.8. The van der Waals surface area contributed by atoms with Gasteiger partial charge in [0, 0.05) is 23.2 Å². The monoisotopic (exact) mass is 564 g/mol. The lowest BCUT2D eigenvalue weighted by Gasteiger charge is -2.64. The number of hydrogen-bond donors (Lipinski definition) is 1. The fourth-order valence-corrected chi connectivity index (χ4v) is 8.85. The zero-order valence-electron chi connectivity index (χ0n) is 23.6. The van der Waals surface area contributed by atoms with Crippen molar-refractivity contribution in [3.8, 4) is 0 Å². The Morgan fingerprint density at radius 1 is 1.15 bits per heavy atom. The van der Waals surface area contributed by atoms with Gasteiger partial charge >= 0.3 is 12.1 Å². The van der Waals surface area contributed by atoms with Gasteiger partial charge < -0.3 is 19.3 Å². The number of ether oxygens (including phenoxy) is 3. The molecule has 3 saturated carbocycles. The molecular weight excluding hydrogens is 524 g/mol. The number of rotatable bonds is 8. The molecule has 0 heterocycles. The summed E-state index contributed by atoms with van der Waals surface area (Å²) in [5, 5.41) is 11.9. The van der Waals surface area contributed by atoms with Crippen molar-refractivity contribution in [1.29, 1.82) is 0 Å². The van der Waals surface area contributed by atoms with Crippen LogP contribution in [-0.2, 0) is 28.6 Å². The van der Waals surface area contributed by atoms with Crippen LogP contribution in [0.3, 0.4) is 0 Å². The first kappa shape index (κ1) is 29.8. The van der Waals surface area contributed by atoms with Gasteiger partial charge in [-0.2, -0.15) is 0 Å². The number of Topliss-reactive ketones (excluding diaryl/α,β-unsaturated/α-hetero) is 1. The number of fused-ring (bicyclic) bond motifs is 5. The first-order valence-corrected chi connectivity index (χ1v) is 14.6. The van der Waals surface area contributed by atoms with E-state index in [4.69, 9.17) is 25.8 Å². The maximum absolute atomic E-state index is 14.0. The number of ketones is 2. The van der Waals surface area contributed by atoms with Crippen LogP contribution in [-0.4, -0.2) is 58.6 Å². The Morgan fingerprint density at radius 3 is 2.54 bits per heavy atom. The van der Waals surface area contributed by atoms with Gasteiger partial charge in [0.25, 0.3) is 0 Å². The number of allylic oxidation sites excluding steroid dienone is 4. The molecule has 1 unspecified atom stereocenters. The van der Waals surface area contributed by atoms with E-state index in [1.807, 2.05) is 33.8 Å². The van der Waals surface area contributed by atoms with Gasteiger partial charge in [-0.05, 0) is 63.0 Å². The predicted molar refractivity (Wildman–Crippen MR) is 144 cm³/mol. The number of carbonyl (C=O) groups excluding carboxylic acids is 4. The molecule has 216 valence electrons. The molecule has 9 heteroatoms. The Hall–Kier alpha value is -2.19. The molecule has 8 nitrogen and oxygen atoms in total. The van der Waals surface area contributed by atoms with E-state index in [9.17, 15) is 24.3 Å². The Labute approximate surface area is 235 Å². The van der Waals surface area contributed by atoms with E-state index < -0.39 is 57.8 Å². The Morgan fingerprint density at radius 2 is 1.87 bits per heavy atom. The van der Waals surface area contributed by atoms with Crippen LogP contribution >= 0.6 is 11.6 Å². The molecule has 0 saturated heterocycles. The molecule has 1 N–H and O–H groups in total. The van der Waals surface area contributed by atoms with Crippen LogP contribution in [0, 0.1) is 28.6 Å². The summed E-state index contributed by atoms with van der Waals surface area (Å²) in [5.41, 5.74) is -2.52. The highest BCUT2D eigenvalue weighted by atomic mass is 35.5. The molecule has 0 amide bonds. The second kappa shape index (κ2) is 10.7. The molecule has 0 aliphatic heterocycles. The molecule has 4 aliphatic carbocycles. The molecule has 3 fully saturated rings. The molecule has 0 aromatic carbocycles. The van der Waals surface area contributed by atoms with Crippen LogP contribution in [0.4, 0.5) is 4.79 Å². The van der Waals surface area contributed by atoms with Crippen molar-refractivity contribution in [3.63, 3.8) is 0 Å². The summed E-state index contributed by atoms with van der Waals surface area (Å²) in [6, 6.07) is 0. The smallest absolute Gasteiger partial charge is 0.457 e. The molecule has 4 rings (SSSR count). The van der Waals surface area contributed by atoms with Gasteiger partial charge in [-0.15, -0.1) is 11.6 Å². The number of esters is 1. The standard InChI is InChI=1S/C30H41ClO8/c1-6-8-9-25(35)38-17-24(34)30(39-26(36)37-7-2)18(3)14-22-21-11-10-19-15-20(32)12-13-27(19,4)29(21,31)23(33)16-28(22,30)5/h12-13,15,18,21-23,33H,6-11,14,16-17H2,1-5H3/t18-,21+,22+,23?,27+,28+,29+,30+/m1/s1. The van der Waals surface area contributed by atoms with Crippen molar-refractivity contribution in [2.45, 2.75) is 96.1 Å². The van der Waals surface area contributed by atoms with Crippen molar-refractivity contribution in [3.05, 3.63) is 23.8 Å². The van der Waals surface area contributed by atoms with Gasteiger partial charge in [-0.3, -0.25) is 14.4 Å². The van der Waals surface area contributed by atoms with Crippen molar-refractivity contribution in [1.82, 2.24) is 0 Å². The van der Waals surface area contributed by atoms with Crippen LogP contribution in [0.25, 0.3) is 0 Å². The molecule has 0 aromatic heterocycles. The summed E-state index contributed by atoms with van der Waals surface area (Å²) in [6.45, 7) is 8.85. The summed E-state index contributed by atoms with van der Waals surface area (Å²) >= 11 is 7.51. The van der Waals surface area contributed by atoms with Gasteiger partial charge in [0.05, 0.1) is 17.6 Å². The summed E-state index contributed by atoms with van der Waals surface area (Å²) in [7, 11) is 0. The van der Waals surface area contributed by atoms with Gasteiger partial charge in [-0.1, -0.05) is 45.8 Å². The quantitative estimate of drug-likeness (QED) is 0.320. The molecule has 0 bridgehead atoms. The van der Waals surface area contributed by atoms with Crippen LogP contribution in [0.5, 0.6) is 0 Å². The SMILES string of the molecule is CCCCC(=O)OCC(=O)[C@@]1(OC(=O)OCC)[C@H](C)C[C@H]2[C@@H]3CCC4=CC(=O)C=C[C@]4(C)[C@@]3(Cl)C(O)C[C@@]21C. The van der Waals surface area contributed by atoms with E-state index >= 15 is 0 Å². The highest BCUT2D eigenvalue weighted by Gasteiger charge is 2.76. The van der Waals surface area contributed by atoms with Crippen LogP contribution in [0.1, 0.15) is 79.6 Å². The van der Waals surface area contributed by atoms with E-state index in [0.717, 1.165) is 12.0 Å². The second-order valence-corrected chi connectivity index (χ2v) is 12.7. The Kier molecular flexibility index (Phi) is 8.14. The van der Waals surface area contributed by atoms with Crippen molar-refractivity contribution in [2.24, 2.45) is 28.6 Å². The molecule has 8 atom stereocenters. The van der Waals surface area contributed by atoms with E-state index in [0.29, 0.717) is 25.7 Å². The highest BCUT2D eigenvalue weighted by molar-refractivity contribution is 6.26. The minimum Gasteiger partial charge on any atom is -0.457 e. The summed E-state index contributed by atoms with van der Waals surface area (Å²) < 4.78 is 16.5. The summed E-state index contributed by atoms with van der Waals surface area (Å²) in [6.07, 6.45) is 6.43. The molecular formula is C30H41ClO8. The fraction of sp³-hybridized carbons (Fsp3) is 0.733. The van der Waals surface area contributed by atoms with E-state index in [1.165, 1.54) is 6.08 Å². The molecule has 0 aromatic rings. The summed E-state index contributed by atoms with van der Waals surface area (Å²) in [5.74, 6) is -1.96. The van der Waals surface area contributed by atoms with Gasteiger partial charge in [0.15, 0.2) is 18.0 Å². The maximum Gasteiger partial charge on any atom is 0.509 e. The highest BCUT2D eigenvalue weighted by Crippen LogP contribution is 2.72.